The molecular weight excluding hydrogens is 388 g/mol. The molecule has 2 N–H and O–H groups in total. The summed E-state index contributed by atoms with van der Waals surface area (Å²) in [6.45, 7) is 8.45. The largest absolute Gasteiger partial charge is 0.383 e. The lowest BCUT2D eigenvalue weighted by Gasteiger charge is -2.22. The average Bonchev–Trinajstić information content (AvgIpc) is 2.71. The topological polar surface area (TPSA) is 83.0 Å². The standard InChI is InChI=1S/C21H36N4O3S/c1-5-7-8-9-10-15-25(3)21(22-6-2)23-18-19-12-11-13-20(17-19)29(26,27)24-14-16-28-4/h5,11-13,17,24H,1,6-10,14-16,18H2,2-4H3,(H,22,23). The van der Waals surface area contributed by atoms with Gasteiger partial charge in [0.05, 0.1) is 18.0 Å². The fourth-order valence-electron chi connectivity index (χ4n) is 2.73. The molecule has 29 heavy (non-hydrogen) atoms. The van der Waals surface area contributed by atoms with Crippen LogP contribution in [0.15, 0.2) is 46.8 Å². The second-order valence-corrected chi connectivity index (χ2v) is 8.53. The summed E-state index contributed by atoms with van der Waals surface area (Å²) in [6, 6.07) is 6.88. The maximum absolute atomic E-state index is 12.4. The predicted octanol–water partition coefficient (Wildman–Crippen LogP) is 2.76. The Bertz CT molecular complexity index is 735. The zero-order chi connectivity index (χ0) is 21.5. The number of hydrogen-bond acceptors (Lipinski definition) is 4. The van der Waals surface area contributed by atoms with Crippen LogP contribution in [0.1, 0.15) is 38.2 Å². The molecule has 0 radical (unpaired) electrons. The van der Waals surface area contributed by atoms with Crippen LogP contribution in [0.25, 0.3) is 0 Å². The van der Waals surface area contributed by atoms with Gasteiger partial charge in [0, 0.05) is 33.8 Å². The van der Waals surface area contributed by atoms with Crippen LogP contribution in [0.3, 0.4) is 0 Å². The Labute approximate surface area is 176 Å². The molecule has 1 aromatic rings. The summed E-state index contributed by atoms with van der Waals surface area (Å²) in [5, 5.41) is 3.30. The van der Waals surface area contributed by atoms with Crippen molar-refractivity contribution >= 4 is 16.0 Å². The van der Waals surface area contributed by atoms with Gasteiger partial charge < -0.3 is 15.0 Å². The van der Waals surface area contributed by atoms with Crippen LogP contribution in [0.2, 0.25) is 0 Å². The molecule has 0 spiro atoms. The zero-order valence-corrected chi connectivity index (χ0v) is 18.8. The van der Waals surface area contributed by atoms with Crippen molar-refractivity contribution in [2.24, 2.45) is 4.99 Å². The monoisotopic (exact) mass is 424 g/mol. The Balaban J connectivity index is 2.75. The van der Waals surface area contributed by atoms with Gasteiger partial charge in [-0.1, -0.05) is 24.6 Å². The highest BCUT2D eigenvalue weighted by Crippen LogP contribution is 2.12. The molecule has 0 saturated carbocycles. The Morgan fingerprint density at radius 3 is 2.79 bits per heavy atom. The molecule has 0 bridgehead atoms. The van der Waals surface area contributed by atoms with Crippen LogP contribution in [0.5, 0.6) is 0 Å². The van der Waals surface area contributed by atoms with Gasteiger partial charge in [-0.25, -0.2) is 18.1 Å². The van der Waals surface area contributed by atoms with E-state index in [1.165, 1.54) is 7.11 Å². The number of nitrogens with one attached hydrogen (secondary N) is 2. The first-order valence-electron chi connectivity index (χ1n) is 10.1. The van der Waals surface area contributed by atoms with Crippen molar-refractivity contribution in [2.45, 2.75) is 44.0 Å². The van der Waals surface area contributed by atoms with Gasteiger partial charge in [0.1, 0.15) is 0 Å². The number of methoxy groups -OCH3 is 1. The summed E-state index contributed by atoms with van der Waals surface area (Å²) in [5.41, 5.74) is 0.842. The minimum absolute atomic E-state index is 0.238. The van der Waals surface area contributed by atoms with E-state index in [0.717, 1.165) is 50.3 Å². The molecule has 0 aliphatic carbocycles. The number of aliphatic imine (C=N–C) groups is 1. The van der Waals surface area contributed by atoms with E-state index in [1.807, 2.05) is 26.1 Å². The summed E-state index contributed by atoms with van der Waals surface area (Å²) in [4.78, 5) is 7.03. The van der Waals surface area contributed by atoms with Crippen LogP contribution in [-0.2, 0) is 21.3 Å². The number of rotatable bonds is 14. The quantitative estimate of drug-likeness (QED) is 0.208. The number of benzene rings is 1. The van der Waals surface area contributed by atoms with E-state index < -0.39 is 10.0 Å². The Hall–Kier alpha value is -1.90. The summed E-state index contributed by atoms with van der Waals surface area (Å²) in [6.07, 6.45) is 6.42. The first-order valence-corrected chi connectivity index (χ1v) is 11.6. The van der Waals surface area contributed by atoms with Gasteiger partial charge in [-0.05, 0) is 43.9 Å². The van der Waals surface area contributed by atoms with Gasteiger partial charge in [-0.2, -0.15) is 0 Å². The van der Waals surface area contributed by atoms with Crippen molar-refractivity contribution in [3.05, 3.63) is 42.5 Å². The van der Waals surface area contributed by atoms with E-state index in [-0.39, 0.29) is 11.4 Å². The Morgan fingerprint density at radius 2 is 2.10 bits per heavy atom. The van der Waals surface area contributed by atoms with Crippen molar-refractivity contribution in [3.63, 3.8) is 0 Å². The molecule has 0 amide bonds. The lowest BCUT2D eigenvalue weighted by molar-refractivity contribution is 0.204. The SMILES string of the molecule is C=CCCCCCN(C)C(=NCc1cccc(S(=O)(=O)NCCOC)c1)NCC. The maximum Gasteiger partial charge on any atom is 0.240 e. The maximum atomic E-state index is 12.4. The normalized spacial score (nSPS) is 12.0. The third-order valence-corrected chi connectivity index (χ3v) is 5.78. The average molecular weight is 425 g/mol. The van der Waals surface area contributed by atoms with E-state index in [2.05, 4.69) is 26.5 Å². The molecule has 0 aliphatic rings. The fourth-order valence-corrected chi connectivity index (χ4v) is 3.81. The number of allylic oxidation sites excluding steroid dienone is 1. The van der Waals surface area contributed by atoms with E-state index in [4.69, 9.17) is 4.74 Å². The van der Waals surface area contributed by atoms with Crippen LogP contribution >= 0.6 is 0 Å². The number of unbranched alkanes of at least 4 members (excludes halogenated alkanes) is 3. The number of guanidine groups is 1. The highest BCUT2D eigenvalue weighted by atomic mass is 32.2. The van der Waals surface area contributed by atoms with Crippen molar-refractivity contribution in [1.82, 2.24) is 14.9 Å². The molecule has 7 nitrogen and oxygen atoms in total. The molecule has 1 aromatic carbocycles. The van der Waals surface area contributed by atoms with Crippen LogP contribution in [-0.4, -0.2) is 59.7 Å². The van der Waals surface area contributed by atoms with Gasteiger partial charge in [0.15, 0.2) is 5.96 Å². The number of sulfonamides is 1. The van der Waals surface area contributed by atoms with Crippen molar-refractivity contribution < 1.29 is 13.2 Å². The molecule has 164 valence electrons. The predicted molar refractivity (Wildman–Crippen MR) is 120 cm³/mol. The molecule has 1 rings (SSSR count). The highest BCUT2D eigenvalue weighted by molar-refractivity contribution is 7.89. The lowest BCUT2D eigenvalue weighted by Crippen LogP contribution is -2.39. The minimum Gasteiger partial charge on any atom is -0.383 e. The lowest BCUT2D eigenvalue weighted by atomic mass is 10.2. The van der Waals surface area contributed by atoms with Gasteiger partial charge in [-0.15, -0.1) is 6.58 Å². The van der Waals surface area contributed by atoms with Gasteiger partial charge >= 0.3 is 0 Å². The van der Waals surface area contributed by atoms with Crippen molar-refractivity contribution in [2.75, 3.05) is 40.4 Å². The van der Waals surface area contributed by atoms with E-state index in [1.54, 1.807) is 18.2 Å². The fraction of sp³-hybridized carbons (Fsp3) is 0.571. The third-order valence-electron chi connectivity index (χ3n) is 4.32. The highest BCUT2D eigenvalue weighted by Gasteiger charge is 2.13. The molecular formula is C21H36N4O3S. The first kappa shape index (κ1) is 25.1. The Kier molecular flexibility index (Phi) is 12.3. The molecule has 0 fully saturated rings. The molecule has 0 unspecified atom stereocenters. The van der Waals surface area contributed by atoms with E-state index in [0.29, 0.717) is 13.2 Å². The van der Waals surface area contributed by atoms with Crippen LogP contribution < -0.4 is 10.0 Å². The number of ether oxygens (including phenoxy) is 1. The second-order valence-electron chi connectivity index (χ2n) is 6.77. The van der Waals surface area contributed by atoms with Gasteiger partial charge in [0.2, 0.25) is 10.0 Å². The summed E-state index contributed by atoms with van der Waals surface area (Å²) < 4.78 is 32.2. The third kappa shape index (κ3) is 9.92. The Morgan fingerprint density at radius 1 is 1.31 bits per heavy atom. The van der Waals surface area contributed by atoms with Crippen LogP contribution in [0, 0.1) is 0 Å². The summed E-state index contributed by atoms with van der Waals surface area (Å²) in [5.74, 6) is 0.822. The minimum atomic E-state index is -3.55. The number of nitrogens with zero attached hydrogens (tertiary/aromatic N) is 2. The summed E-state index contributed by atoms with van der Waals surface area (Å²) >= 11 is 0. The van der Waals surface area contributed by atoms with Crippen LogP contribution in [0.4, 0.5) is 0 Å². The second kappa shape index (κ2) is 14.1. The van der Waals surface area contributed by atoms with Crippen molar-refractivity contribution in [3.8, 4) is 0 Å². The van der Waals surface area contributed by atoms with E-state index in [9.17, 15) is 8.42 Å². The molecule has 0 heterocycles. The molecule has 0 saturated heterocycles. The first-order chi connectivity index (χ1) is 13.9. The molecule has 0 atom stereocenters. The molecule has 0 aliphatic heterocycles. The van der Waals surface area contributed by atoms with Gasteiger partial charge in [-0.3, -0.25) is 0 Å². The smallest absolute Gasteiger partial charge is 0.240 e. The zero-order valence-electron chi connectivity index (χ0n) is 18.0. The molecule has 8 heteroatoms. The summed E-state index contributed by atoms with van der Waals surface area (Å²) in [7, 11) is 0.00687. The number of hydrogen-bond donors (Lipinski definition) is 2. The molecule has 0 aromatic heterocycles. The van der Waals surface area contributed by atoms with Crippen molar-refractivity contribution in [1.29, 1.82) is 0 Å². The van der Waals surface area contributed by atoms with Gasteiger partial charge in [0.25, 0.3) is 0 Å². The van der Waals surface area contributed by atoms with E-state index >= 15 is 0 Å².